The Bertz CT molecular complexity index is 757. The van der Waals surface area contributed by atoms with Crippen LogP contribution in [0.3, 0.4) is 0 Å². The highest BCUT2D eigenvalue weighted by Crippen LogP contribution is 2.25. The van der Waals surface area contributed by atoms with Gasteiger partial charge in [-0.15, -0.1) is 0 Å². The van der Waals surface area contributed by atoms with Gasteiger partial charge in [-0.2, -0.15) is 0 Å². The number of phenolic OH excluding ortho intramolecular Hbond substituents is 1. The summed E-state index contributed by atoms with van der Waals surface area (Å²) in [4.78, 5) is 19.5. The minimum Gasteiger partial charge on any atom is -0.508 e. The Hall–Kier alpha value is -2.37. The molecule has 2 saturated heterocycles. The third-order valence-electron chi connectivity index (χ3n) is 5.41. The molecule has 1 unspecified atom stereocenters. The van der Waals surface area contributed by atoms with E-state index in [0.29, 0.717) is 5.75 Å². The molecule has 4 rings (SSSR count). The first-order valence-electron chi connectivity index (χ1n) is 9.31. The van der Waals surface area contributed by atoms with Crippen molar-refractivity contribution in [3.05, 3.63) is 60.2 Å². The van der Waals surface area contributed by atoms with Crippen molar-refractivity contribution in [1.82, 2.24) is 9.80 Å². The second-order valence-corrected chi connectivity index (χ2v) is 7.11. The van der Waals surface area contributed by atoms with Crippen LogP contribution in [0.1, 0.15) is 12.0 Å². The molecular weight excluding hydrogens is 326 g/mol. The molecular formula is C21H25N3O2. The first-order valence-corrected chi connectivity index (χ1v) is 9.31. The predicted octanol–water partition coefficient (Wildman–Crippen LogP) is 2.32. The lowest BCUT2D eigenvalue weighted by Crippen LogP contribution is -2.52. The van der Waals surface area contributed by atoms with E-state index in [9.17, 15) is 9.90 Å². The maximum absolute atomic E-state index is 12.9. The summed E-state index contributed by atoms with van der Waals surface area (Å²) in [6.07, 6.45) is 0.903. The number of nitrogens with zero attached hydrogens (tertiary/aromatic N) is 3. The lowest BCUT2D eigenvalue weighted by atomic mass is 10.1. The number of carbonyl (C=O) groups excluding carboxylic acids is 1. The molecule has 2 heterocycles. The van der Waals surface area contributed by atoms with Crippen molar-refractivity contribution in [2.75, 3.05) is 37.6 Å². The number of amides is 1. The average Bonchev–Trinajstić information content (AvgIpc) is 3.05. The summed E-state index contributed by atoms with van der Waals surface area (Å²) in [5.41, 5.74) is 2.13. The highest BCUT2D eigenvalue weighted by molar-refractivity contribution is 5.99. The van der Waals surface area contributed by atoms with Gasteiger partial charge in [0.15, 0.2) is 0 Å². The van der Waals surface area contributed by atoms with Gasteiger partial charge >= 0.3 is 0 Å². The minimum absolute atomic E-state index is 0.0122. The van der Waals surface area contributed by atoms with Crippen LogP contribution in [0.4, 0.5) is 5.69 Å². The quantitative estimate of drug-likeness (QED) is 0.918. The second-order valence-electron chi connectivity index (χ2n) is 7.11. The molecule has 5 heteroatoms. The Morgan fingerprint density at radius 2 is 1.69 bits per heavy atom. The molecule has 0 saturated carbocycles. The molecule has 0 aromatic heterocycles. The summed E-state index contributed by atoms with van der Waals surface area (Å²) in [6.45, 7) is 5.37. The van der Waals surface area contributed by atoms with Crippen LogP contribution in [-0.4, -0.2) is 59.6 Å². The molecule has 2 fully saturated rings. The van der Waals surface area contributed by atoms with Gasteiger partial charge in [0.1, 0.15) is 5.75 Å². The van der Waals surface area contributed by atoms with Crippen molar-refractivity contribution in [2.24, 2.45) is 0 Å². The Balaban J connectivity index is 1.33. The Morgan fingerprint density at radius 1 is 0.923 bits per heavy atom. The number of benzene rings is 2. The number of anilines is 1. The summed E-state index contributed by atoms with van der Waals surface area (Å²) < 4.78 is 0. The van der Waals surface area contributed by atoms with Crippen LogP contribution >= 0.6 is 0 Å². The third kappa shape index (κ3) is 3.59. The van der Waals surface area contributed by atoms with Gasteiger partial charge in [-0.25, -0.2) is 0 Å². The van der Waals surface area contributed by atoms with E-state index in [1.54, 1.807) is 6.07 Å². The topological polar surface area (TPSA) is 47.0 Å². The molecule has 2 aromatic rings. The summed E-state index contributed by atoms with van der Waals surface area (Å²) in [5, 5.41) is 9.61. The maximum Gasteiger partial charge on any atom is 0.244 e. The van der Waals surface area contributed by atoms with Gasteiger partial charge in [0.25, 0.3) is 0 Å². The van der Waals surface area contributed by atoms with Crippen molar-refractivity contribution in [1.29, 1.82) is 0 Å². The fourth-order valence-corrected chi connectivity index (χ4v) is 4.01. The van der Waals surface area contributed by atoms with Crippen LogP contribution in [0.15, 0.2) is 54.6 Å². The molecule has 0 radical (unpaired) electrons. The average molecular weight is 351 g/mol. The van der Waals surface area contributed by atoms with E-state index in [0.717, 1.165) is 56.9 Å². The number of para-hydroxylation sites is 1. The highest BCUT2D eigenvalue weighted by atomic mass is 16.3. The van der Waals surface area contributed by atoms with Crippen LogP contribution in [-0.2, 0) is 11.3 Å². The standard InChI is InChI=1S/C21H25N3O2/c25-19-8-4-5-17(15-19)16-22-11-13-23(14-12-22)20-9-10-24(21(20)26)18-6-2-1-3-7-18/h1-8,15,20,25H,9-14,16H2. The molecule has 1 amide bonds. The summed E-state index contributed by atoms with van der Waals surface area (Å²) in [6, 6.07) is 17.4. The SMILES string of the molecule is O=C1C(N2CCN(Cc3cccc(O)c3)CC2)CCN1c1ccccc1. The maximum atomic E-state index is 12.9. The normalized spacial score (nSPS) is 22.1. The molecule has 0 aliphatic carbocycles. The zero-order valence-electron chi connectivity index (χ0n) is 14.9. The molecule has 0 bridgehead atoms. The summed E-state index contributed by atoms with van der Waals surface area (Å²) in [5.74, 6) is 0.552. The first kappa shape index (κ1) is 17.1. The van der Waals surface area contributed by atoms with Gasteiger partial charge in [0.05, 0.1) is 6.04 Å². The van der Waals surface area contributed by atoms with Gasteiger partial charge in [0, 0.05) is 45.0 Å². The van der Waals surface area contributed by atoms with E-state index in [1.807, 2.05) is 53.4 Å². The molecule has 1 N–H and O–H groups in total. The number of carbonyl (C=O) groups is 1. The van der Waals surface area contributed by atoms with E-state index in [4.69, 9.17) is 0 Å². The van der Waals surface area contributed by atoms with Crippen molar-refractivity contribution < 1.29 is 9.90 Å². The minimum atomic E-state index is 0.0122. The number of rotatable bonds is 4. The van der Waals surface area contributed by atoms with Crippen LogP contribution in [0.2, 0.25) is 0 Å². The summed E-state index contributed by atoms with van der Waals surface area (Å²) >= 11 is 0. The van der Waals surface area contributed by atoms with Crippen LogP contribution in [0.5, 0.6) is 5.75 Å². The van der Waals surface area contributed by atoms with Gasteiger partial charge in [-0.3, -0.25) is 14.6 Å². The van der Waals surface area contributed by atoms with Crippen LogP contribution < -0.4 is 4.90 Å². The molecule has 2 aliphatic heterocycles. The number of aromatic hydroxyl groups is 1. The second kappa shape index (κ2) is 7.48. The van der Waals surface area contributed by atoms with E-state index >= 15 is 0 Å². The Labute approximate surface area is 154 Å². The lowest BCUT2D eigenvalue weighted by Gasteiger charge is -2.37. The lowest BCUT2D eigenvalue weighted by molar-refractivity contribution is -0.122. The van der Waals surface area contributed by atoms with Gasteiger partial charge in [-0.1, -0.05) is 30.3 Å². The molecule has 2 aromatic carbocycles. The number of hydrogen-bond acceptors (Lipinski definition) is 4. The van der Waals surface area contributed by atoms with Gasteiger partial charge in [0.2, 0.25) is 5.91 Å². The molecule has 136 valence electrons. The molecule has 26 heavy (non-hydrogen) atoms. The summed E-state index contributed by atoms with van der Waals surface area (Å²) in [7, 11) is 0. The fourth-order valence-electron chi connectivity index (χ4n) is 4.01. The van der Waals surface area contributed by atoms with E-state index < -0.39 is 0 Å². The molecule has 5 nitrogen and oxygen atoms in total. The zero-order chi connectivity index (χ0) is 17.9. The van der Waals surface area contributed by atoms with Gasteiger partial charge in [-0.05, 0) is 36.2 Å². The number of hydrogen-bond donors (Lipinski definition) is 1. The molecule has 0 spiro atoms. The first-order chi connectivity index (χ1) is 12.7. The van der Waals surface area contributed by atoms with Gasteiger partial charge < -0.3 is 10.0 Å². The third-order valence-corrected chi connectivity index (χ3v) is 5.41. The van der Waals surface area contributed by atoms with Crippen molar-refractivity contribution >= 4 is 11.6 Å². The van der Waals surface area contributed by atoms with Crippen molar-refractivity contribution in [3.8, 4) is 5.75 Å². The molecule has 2 aliphatic rings. The Kier molecular flexibility index (Phi) is 4.91. The van der Waals surface area contributed by atoms with Crippen molar-refractivity contribution in [2.45, 2.75) is 19.0 Å². The van der Waals surface area contributed by atoms with E-state index in [2.05, 4.69) is 9.80 Å². The largest absolute Gasteiger partial charge is 0.508 e. The molecule has 1 atom stereocenters. The van der Waals surface area contributed by atoms with E-state index in [-0.39, 0.29) is 11.9 Å². The fraction of sp³-hybridized carbons (Fsp3) is 0.381. The zero-order valence-corrected chi connectivity index (χ0v) is 14.9. The van der Waals surface area contributed by atoms with Crippen molar-refractivity contribution in [3.63, 3.8) is 0 Å². The smallest absolute Gasteiger partial charge is 0.244 e. The number of phenols is 1. The van der Waals surface area contributed by atoms with Crippen LogP contribution in [0, 0.1) is 0 Å². The monoisotopic (exact) mass is 351 g/mol. The Morgan fingerprint density at radius 3 is 2.42 bits per heavy atom. The predicted molar refractivity (Wildman–Crippen MR) is 102 cm³/mol. The number of piperazine rings is 1. The highest BCUT2D eigenvalue weighted by Gasteiger charge is 2.37. The van der Waals surface area contributed by atoms with Crippen LogP contribution in [0.25, 0.3) is 0 Å². The van der Waals surface area contributed by atoms with E-state index in [1.165, 1.54) is 0 Å².